The Balaban J connectivity index is 2.41. The van der Waals surface area contributed by atoms with Gasteiger partial charge in [0.25, 0.3) is 0 Å². The van der Waals surface area contributed by atoms with Crippen LogP contribution in [-0.4, -0.2) is 11.5 Å². The van der Waals surface area contributed by atoms with Gasteiger partial charge >= 0.3 is 0 Å². The molecule has 0 amide bonds. The lowest BCUT2D eigenvalue weighted by Gasteiger charge is -2.19. The number of carbonyl (C=O) groups excluding carboxylic acids is 1. The highest BCUT2D eigenvalue weighted by Gasteiger charge is 2.27. The lowest BCUT2D eigenvalue weighted by molar-refractivity contribution is 0.0941. The van der Waals surface area contributed by atoms with Crippen LogP contribution in [0.2, 0.25) is 0 Å². The van der Waals surface area contributed by atoms with Gasteiger partial charge < -0.3 is 0 Å². The average molecular weight is 206 g/mol. The summed E-state index contributed by atoms with van der Waals surface area (Å²) >= 11 is 1.80. The molecule has 0 N–H and O–H groups in total. The van der Waals surface area contributed by atoms with E-state index in [0.29, 0.717) is 6.42 Å². The molecule has 1 aromatic rings. The first-order valence-corrected chi connectivity index (χ1v) is 5.82. The number of Topliss-reactive ketones (excluding diaryl/α,β-unsaturated/α-hetero) is 1. The van der Waals surface area contributed by atoms with Crippen molar-refractivity contribution in [2.75, 3.05) is 5.75 Å². The van der Waals surface area contributed by atoms with Gasteiger partial charge in [0.2, 0.25) is 0 Å². The Morgan fingerprint density at radius 2 is 2.00 bits per heavy atom. The number of hydrogen-bond acceptors (Lipinski definition) is 2. The highest BCUT2D eigenvalue weighted by atomic mass is 32.2. The number of carbonyl (C=O) groups is 1. The van der Waals surface area contributed by atoms with E-state index in [-0.39, 0.29) is 11.2 Å². The maximum Gasteiger partial charge on any atom is 0.164 e. The maximum absolute atomic E-state index is 11.9. The summed E-state index contributed by atoms with van der Waals surface area (Å²) in [6.45, 7) is 4.31. The van der Waals surface area contributed by atoms with E-state index in [4.69, 9.17) is 0 Å². The van der Waals surface area contributed by atoms with Crippen molar-refractivity contribution in [3.05, 3.63) is 29.8 Å². The minimum absolute atomic E-state index is 0.126. The van der Waals surface area contributed by atoms with Crippen LogP contribution < -0.4 is 0 Å². The van der Waals surface area contributed by atoms with Gasteiger partial charge in [-0.2, -0.15) is 0 Å². The first-order chi connectivity index (χ1) is 6.58. The Bertz CT molecular complexity index is 368. The Kier molecular flexibility index (Phi) is 2.40. The fourth-order valence-electron chi connectivity index (χ4n) is 1.68. The smallest absolute Gasteiger partial charge is 0.164 e. The van der Waals surface area contributed by atoms with Gasteiger partial charge in [0.15, 0.2) is 5.78 Å². The third-order valence-corrected chi connectivity index (χ3v) is 4.04. The second kappa shape index (κ2) is 3.43. The van der Waals surface area contributed by atoms with Gasteiger partial charge in [-0.15, -0.1) is 11.8 Å². The van der Waals surface area contributed by atoms with Crippen molar-refractivity contribution in [1.29, 1.82) is 0 Å². The lowest BCUT2D eigenvalue weighted by atomic mass is 9.88. The highest BCUT2D eigenvalue weighted by molar-refractivity contribution is 7.99. The number of rotatable bonds is 0. The fraction of sp³-hybridized carbons (Fsp3) is 0.417. The molecular formula is C12H14OS. The van der Waals surface area contributed by atoms with Crippen LogP contribution >= 0.6 is 11.8 Å². The monoisotopic (exact) mass is 206 g/mol. The van der Waals surface area contributed by atoms with E-state index in [0.717, 1.165) is 16.2 Å². The number of hydrogen-bond donors (Lipinski definition) is 0. The van der Waals surface area contributed by atoms with Crippen molar-refractivity contribution >= 4 is 17.5 Å². The zero-order chi connectivity index (χ0) is 10.2. The van der Waals surface area contributed by atoms with E-state index in [2.05, 4.69) is 13.8 Å². The summed E-state index contributed by atoms with van der Waals surface area (Å²) in [6, 6.07) is 7.92. The van der Waals surface area contributed by atoms with Gasteiger partial charge in [0.1, 0.15) is 0 Å². The van der Waals surface area contributed by atoms with E-state index in [1.54, 1.807) is 11.8 Å². The molecule has 0 saturated heterocycles. The lowest BCUT2D eigenvalue weighted by Crippen LogP contribution is -2.17. The molecule has 0 radical (unpaired) electrons. The summed E-state index contributed by atoms with van der Waals surface area (Å²) < 4.78 is 0. The summed E-state index contributed by atoms with van der Waals surface area (Å²) in [7, 11) is 0. The molecule has 0 unspecified atom stereocenters. The van der Waals surface area contributed by atoms with Crippen molar-refractivity contribution in [3.63, 3.8) is 0 Å². The fourth-order valence-corrected chi connectivity index (χ4v) is 2.84. The van der Waals surface area contributed by atoms with Crippen LogP contribution in [-0.2, 0) is 0 Å². The van der Waals surface area contributed by atoms with Crippen LogP contribution in [0.15, 0.2) is 29.2 Å². The van der Waals surface area contributed by atoms with E-state index < -0.39 is 0 Å². The highest BCUT2D eigenvalue weighted by Crippen LogP contribution is 2.37. The van der Waals surface area contributed by atoms with Crippen LogP contribution in [0.5, 0.6) is 0 Å². The van der Waals surface area contributed by atoms with Gasteiger partial charge in [-0.05, 0) is 11.5 Å². The SMILES string of the molecule is CC1(C)CSc2ccccc2C(=O)C1. The summed E-state index contributed by atoms with van der Waals surface area (Å²) in [5.41, 5.74) is 1.03. The van der Waals surface area contributed by atoms with Gasteiger partial charge in [-0.3, -0.25) is 4.79 Å². The Hall–Kier alpha value is -0.760. The maximum atomic E-state index is 11.9. The first-order valence-electron chi connectivity index (χ1n) is 4.83. The van der Waals surface area contributed by atoms with Crippen LogP contribution in [0.3, 0.4) is 0 Å². The molecule has 1 aliphatic rings. The van der Waals surface area contributed by atoms with Gasteiger partial charge in [0.05, 0.1) is 0 Å². The van der Waals surface area contributed by atoms with Gasteiger partial charge in [-0.1, -0.05) is 32.0 Å². The molecule has 1 aliphatic heterocycles. The van der Waals surface area contributed by atoms with Crippen LogP contribution in [0.1, 0.15) is 30.6 Å². The molecule has 2 rings (SSSR count). The molecule has 0 bridgehead atoms. The predicted octanol–water partition coefficient (Wildman–Crippen LogP) is 3.39. The zero-order valence-electron chi connectivity index (χ0n) is 8.54. The molecule has 1 heterocycles. The molecule has 74 valence electrons. The molecule has 1 aromatic carbocycles. The Labute approximate surface area is 88.9 Å². The average Bonchev–Trinajstić information content (AvgIpc) is 2.24. The molecule has 2 heteroatoms. The molecule has 0 aliphatic carbocycles. The number of thioether (sulfide) groups is 1. The molecule has 0 fully saturated rings. The number of ketones is 1. The van der Waals surface area contributed by atoms with Crippen molar-refractivity contribution < 1.29 is 4.79 Å². The molecule has 1 nitrogen and oxygen atoms in total. The molecule has 14 heavy (non-hydrogen) atoms. The topological polar surface area (TPSA) is 17.1 Å². The van der Waals surface area contributed by atoms with Crippen molar-refractivity contribution in [2.24, 2.45) is 5.41 Å². The number of fused-ring (bicyclic) bond motifs is 1. The van der Waals surface area contributed by atoms with Crippen LogP contribution in [0.25, 0.3) is 0 Å². The van der Waals surface area contributed by atoms with Crippen molar-refractivity contribution in [1.82, 2.24) is 0 Å². The molecule has 0 atom stereocenters. The van der Waals surface area contributed by atoms with Crippen LogP contribution in [0.4, 0.5) is 0 Å². The van der Waals surface area contributed by atoms with Gasteiger partial charge in [0, 0.05) is 22.6 Å². The summed E-state index contributed by atoms with van der Waals surface area (Å²) in [6.07, 6.45) is 0.664. The normalized spacial score (nSPS) is 20.0. The van der Waals surface area contributed by atoms with Crippen LogP contribution in [0, 0.1) is 5.41 Å². The van der Waals surface area contributed by atoms with Crippen molar-refractivity contribution in [3.8, 4) is 0 Å². The largest absolute Gasteiger partial charge is 0.294 e. The predicted molar refractivity (Wildman–Crippen MR) is 59.9 cm³/mol. The summed E-state index contributed by atoms with van der Waals surface area (Å²) in [5.74, 6) is 1.31. The second-order valence-electron chi connectivity index (χ2n) is 4.55. The molecule has 0 saturated carbocycles. The molecule has 0 spiro atoms. The standard InChI is InChI=1S/C12H14OS/c1-12(2)7-10(13)9-5-3-4-6-11(9)14-8-12/h3-6H,7-8H2,1-2H3. The molecular weight excluding hydrogens is 192 g/mol. The van der Waals surface area contributed by atoms with E-state index in [1.807, 2.05) is 24.3 Å². The quantitative estimate of drug-likeness (QED) is 0.647. The third kappa shape index (κ3) is 1.85. The number of benzene rings is 1. The minimum atomic E-state index is 0.126. The van der Waals surface area contributed by atoms with E-state index >= 15 is 0 Å². The summed E-state index contributed by atoms with van der Waals surface area (Å²) in [4.78, 5) is 13.0. The first kappa shape index (κ1) is 9.78. The molecule has 0 aromatic heterocycles. The second-order valence-corrected chi connectivity index (χ2v) is 5.57. The Morgan fingerprint density at radius 1 is 1.29 bits per heavy atom. The van der Waals surface area contributed by atoms with E-state index in [1.165, 1.54) is 0 Å². The van der Waals surface area contributed by atoms with Gasteiger partial charge in [-0.25, -0.2) is 0 Å². The van der Waals surface area contributed by atoms with Crippen molar-refractivity contribution in [2.45, 2.75) is 25.2 Å². The third-order valence-electron chi connectivity index (χ3n) is 2.44. The summed E-state index contributed by atoms with van der Waals surface area (Å²) in [5, 5.41) is 0. The van der Waals surface area contributed by atoms with E-state index in [9.17, 15) is 4.79 Å². The minimum Gasteiger partial charge on any atom is -0.294 e. The zero-order valence-corrected chi connectivity index (χ0v) is 9.36. The Morgan fingerprint density at radius 3 is 2.79 bits per heavy atom.